The van der Waals surface area contributed by atoms with Gasteiger partial charge in [0.15, 0.2) is 6.10 Å². The van der Waals surface area contributed by atoms with Crippen LogP contribution in [-0.4, -0.2) is 75.5 Å². The van der Waals surface area contributed by atoms with Crippen molar-refractivity contribution >= 4 is 17.9 Å². The molecule has 8 nitrogen and oxygen atoms in total. The summed E-state index contributed by atoms with van der Waals surface area (Å²) in [5, 5.41) is 11.4. The smallest absolute Gasteiger partial charge is 0.306 e. The molecule has 0 saturated carbocycles. The van der Waals surface area contributed by atoms with E-state index in [9.17, 15) is 19.5 Å². The Balaban J connectivity index is 4.54. The Labute approximate surface area is 206 Å². The molecule has 0 amide bonds. The van der Waals surface area contributed by atoms with Crippen LogP contribution in [0.4, 0.5) is 0 Å². The van der Waals surface area contributed by atoms with Crippen molar-refractivity contribution in [2.24, 2.45) is 0 Å². The van der Waals surface area contributed by atoms with Gasteiger partial charge in [0, 0.05) is 19.3 Å². The van der Waals surface area contributed by atoms with Gasteiger partial charge in [-0.1, -0.05) is 65.2 Å². The second kappa shape index (κ2) is 19.6. The second-order valence-electron chi connectivity index (χ2n) is 9.94. The normalized spacial score (nSPS) is 13.3. The highest BCUT2D eigenvalue weighted by Crippen LogP contribution is 2.11. The standard InChI is InChI=1S/C26H49NO7/c1-6-8-10-11-12-13-15-17-25(29)34-22(21-33-24(28)16-14-9-7-2)20-32-19-18-23(26(30)31)27(3,4)5/h22-23H,6-21H2,1-5H3. The molecule has 2 unspecified atom stereocenters. The molecule has 2 atom stereocenters. The Morgan fingerprint density at radius 3 is 1.88 bits per heavy atom. The van der Waals surface area contributed by atoms with Gasteiger partial charge in [0.05, 0.1) is 40.3 Å². The number of rotatable bonds is 22. The zero-order valence-electron chi connectivity index (χ0n) is 22.3. The minimum absolute atomic E-state index is 0.0436. The summed E-state index contributed by atoms with van der Waals surface area (Å²) in [5.74, 6) is -1.78. The first-order valence-electron chi connectivity index (χ1n) is 13.1. The van der Waals surface area contributed by atoms with Crippen LogP contribution in [0.25, 0.3) is 0 Å². The van der Waals surface area contributed by atoms with Crippen LogP contribution in [0.3, 0.4) is 0 Å². The van der Waals surface area contributed by atoms with Crippen molar-refractivity contribution in [2.45, 2.75) is 109 Å². The van der Waals surface area contributed by atoms with Crippen molar-refractivity contribution in [1.82, 2.24) is 0 Å². The topological polar surface area (TPSA) is 102 Å². The number of unbranched alkanes of at least 4 members (excludes halogenated alkanes) is 8. The zero-order chi connectivity index (χ0) is 25.8. The predicted molar refractivity (Wildman–Crippen MR) is 130 cm³/mol. The fraction of sp³-hybridized carbons (Fsp3) is 0.885. The number of hydrogen-bond donors (Lipinski definition) is 0. The van der Waals surface area contributed by atoms with Crippen LogP contribution in [0, 0.1) is 0 Å². The first kappa shape index (κ1) is 32.3. The number of esters is 2. The Morgan fingerprint density at radius 2 is 1.29 bits per heavy atom. The Hall–Kier alpha value is -1.67. The molecule has 0 spiro atoms. The first-order chi connectivity index (χ1) is 16.1. The molecular formula is C26H49NO7. The summed E-state index contributed by atoms with van der Waals surface area (Å²) in [7, 11) is 5.35. The van der Waals surface area contributed by atoms with Crippen molar-refractivity contribution in [3.05, 3.63) is 0 Å². The highest BCUT2D eigenvalue weighted by Gasteiger charge is 2.25. The minimum atomic E-state index is -1.13. The Kier molecular flexibility index (Phi) is 18.7. The van der Waals surface area contributed by atoms with E-state index in [-0.39, 0.29) is 42.7 Å². The number of aliphatic carboxylic acids is 1. The van der Waals surface area contributed by atoms with E-state index in [1.165, 1.54) is 25.7 Å². The molecule has 8 heteroatoms. The second-order valence-corrected chi connectivity index (χ2v) is 9.94. The lowest BCUT2D eigenvalue weighted by atomic mass is 10.1. The van der Waals surface area contributed by atoms with Crippen LogP contribution < -0.4 is 5.11 Å². The Bertz CT molecular complexity index is 560. The number of carboxylic acid groups (broad SMARTS) is 1. The molecule has 0 bridgehead atoms. The molecule has 0 radical (unpaired) electrons. The van der Waals surface area contributed by atoms with Crippen molar-refractivity contribution in [3.8, 4) is 0 Å². The summed E-state index contributed by atoms with van der Waals surface area (Å²) in [4.78, 5) is 35.6. The average Bonchev–Trinajstić information content (AvgIpc) is 2.75. The van der Waals surface area contributed by atoms with Gasteiger partial charge in [-0.15, -0.1) is 0 Å². The van der Waals surface area contributed by atoms with E-state index in [4.69, 9.17) is 14.2 Å². The van der Waals surface area contributed by atoms with Gasteiger partial charge in [-0.25, -0.2) is 0 Å². The molecule has 34 heavy (non-hydrogen) atoms. The summed E-state index contributed by atoms with van der Waals surface area (Å²) in [6.45, 7) is 4.40. The summed E-state index contributed by atoms with van der Waals surface area (Å²) in [6.07, 6.45) is 10.7. The molecule has 0 heterocycles. The van der Waals surface area contributed by atoms with E-state index in [2.05, 4.69) is 13.8 Å². The molecule has 0 aliphatic carbocycles. The highest BCUT2D eigenvalue weighted by atomic mass is 16.6. The maximum atomic E-state index is 12.3. The number of quaternary nitrogens is 1. The lowest BCUT2D eigenvalue weighted by Gasteiger charge is -2.34. The molecule has 0 aromatic heterocycles. The van der Waals surface area contributed by atoms with Crippen LogP contribution in [-0.2, 0) is 28.6 Å². The number of ether oxygens (including phenoxy) is 3. The van der Waals surface area contributed by atoms with Crippen molar-refractivity contribution in [1.29, 1.82) is 0 Å². The Morgan fingerprint density at radius 1 is 0.765 bits per heavy atom. The minimum Gasteiger partial charge on any atom is -0.544 e. The van der Waals surface area contributed by atoms with Gasteiger partial charge < -0.3 is 28.6 Å². The number of carbonyl (C=O) groups excluding carboxylic acids is 3. The molecular weight excluding hydrogens is 438 g/mol. The van der Waals surface area contributed by atoms with Gasteiger partial charge in [-0.2, -0.15) is 0 Å². The molecule has 200 valence electrons. The van der Waals surface area contributed by atoms with E-state index in [1.54, 1.807) is 21.1 Å². The predicted octanol–water partition coefficient (Wildman–Crippen LogP) is 3.39. The highest BCUT2D eigenvalue weighted by molar-refractivity contribution is 5.70. The first-order valence-corrected chi connectivity index (χ1v) is 13.1. The van der Waals surface area contributed by atoms with Gasteiger partial charge in [0.2, 0.25) is 0 Å². The summed E-state index contributed by atoms with van der Waals surface area (Å²) >= 11 is 0. The molecule has 0 N–H and O–H groups in total. The third kappa shape index (κ3) is 17.8. The largest absolute Gasteiger partial charge is 0.544 e. The molecule has 0 aliphatic heterocycles. The molecule has 0 saturated heterocycles. The monoisotopic (exact) mass is 487 g/mol. The van der Waals surface area contributed by atoms with E-state index in [1.807, 2.05) is 0 Å². The molecule has 0 rings (SSSR count). The van der Waals surface area contributed by atoms with Gasteiger partial charge in [-0.3, -0.25) is 9.59 Å². The molecule has 0 aliphatic rings. The maximum absolute atomic E-state index is 12.3. The van der Waals surface area contributed by atoms with Crippen LogP contribution in [0.15, 0.2) is 0 Å². The lowest BCUT2D eigenvalue weighted by Crippen LogP contribution is -2.55. The SMILES string of the molecule is CCCCCCCCCC(=O)OC(COCCC(C(=O)[O-])[N+](C)(C)C)COC(=O)CCCCC. The molecule has 0 aromatic carbocycles. The van der Waals surface area contributed by atoms with Crippen LogP contribution in [0.5, 0.6) is 0 Å². The van der Waals surface area contributed by atoms with E-state index in [0.717, 1.165) is 38.5 Å². The van der Waals surface area contributed by atoms with Gasteiger partial charge >= 0.3 is 11.9 Å². The summed E-state index contributed by atoms with van der Waals surface area (Å²) < 4.78 is 16.7. The van der Waals surface area contributed by atoms with E-state index in [0.29, 0.717) is 12.8 Å². The number of likely N-dealkylation sites (N-methyl/N-ethyl adjacent to an activating group) is 1. The fourth-order valence-electron chi connectivity index (χ4n) is 3.60. The number of nitrogens with zero attached hydrogens (tertiary/aromatic N) is 1. The van der Waals surface area contributed by atoms with E-state index < -0.39 is 18.1 Å². The summed E-state index contributed by atoms with van der Waals surface area (Å²) in [5.41, 5.74) is 0. The third-order valence-electron chi connectivity index (χ3n) is 5.74. The van der Waals surface area contributed by atoms with Gasteiger partial charge in [0.25, 0.3) is 0 Å². The van der Waals surface area contributed by atoms with Crippen molar-refractivity contribution in [3.63, 3.8) is 0 Å². The van der Waals surface area contributed by atoms with E-state index >= 15 is 0 Å². The fourth-order valence-corrected chi connectivity index (χ4v) is 3.60. The van der Waals surface area contributed by atoms with Gasteiger partial charge in [-0.05, 0) is 12.8 Å². The zero-order valence-corrected chi connectivity index (χ0v) is 22.3. The molecule has 0 aromatic rings. The number of carboxylic acids is 1. The van der Waals surface area contributed by atoms with Crippen LogP contribution in [0.2, 0.25) is 0 Å². The maximum Gasteiger partial charge on any atom is 0.306 e. The van der Waals surface area contributed by atoms with Crippen molar-refractivity contribution in [2.75, 3.05) is 41.0 Å². The summed E-state index contributed by atoms with van der Waals surface area (Å²) in [6, 6.07) is -0.713. The van der Waals surface area contributed by atoms with Gasteiger partial charge in [0.1, 0.15) is 12.6 Å². The number of carbonyl (C=O) groups is 3. The third-order valence-corrected chi connectivity index (χ3v) is 5.74. The van der Waals surface area contributed by atoms with Crippen LogP contribution >= 0.6 is 0 Å². The average molecular weight is 488 g/mol. The number of hydrogen-bond acceptors (Lipinski definition) is 7. The van der Waals surface area contributed by atoms with Crippen LogP contribution in [0.1, 0.15) is 97.3 Å². The molecule has 0 fully saturated rings. The van der Waals surface area contributed by atoms with Crippen molar-refractivity contribution < 1.29 is 38.2 Å². The lowest BCUT2D eigenvalue weighted by molar-refractivity contribution is -0.889. The quantitative estimate of drug-likeness (QED) is 0.131.